The zero-order chi connectivity index (χ0) is 14.0. The average molecular weight is 261 g/mol. The van der Waals surface area contributed by atoms with Gasteiger partial charge in [-0.15, -0.1) is 0 Å². The number of carbonyl (C=O) groups excluding carboxylic acids is 1. The molecule has 1 aliphatic heterocycles. The van der Waals surface area contributed by atoms with Crippen LogP contribution in [-0.2, 0) is 4.79 Å². The molecule has 0 spiro atoms. The maximum Gasteiger partial charge on any atom is 0.308 e. The fraction of sp³-hybridized carbons (Fsp3) is 0.562. The van der Waals surface area contributed by atoms with E-state index in [1.54, 1.807) is 0 Å². The van der Waals surface area contributed by atoms with E-state index in [2.05, 4.69) is 37.9 Å². The molecular weight excluding hydrogens is 238 g/mol. The number of ether oxygens (including phenoxy) is 1. The first kappa shape index (κ1) is 14.1. The third-order valence-electron chi connectivity index (χ3n) is 4.05. The van der Waals surface area contributed by atoms with Gasteiger partial charge in [-0.05, 0) is 43.5 Å². The summed E-state index contributed by atoms with van der Waals surface area (Å²) in [5.41, 5.74) is 1.31. The van der Waals surface area contributed by atoms with Crippen LogP contribution in [0.25, 0.3) is 0 Å². The number of rotatable bonds is 3. The molecule has 1 fully saturated rings. The maximum absolute atomic E-state index is 10.9. The summed E-state index contributed by atoms with van der Waals surface area (Å²) in [6.07, 6.45) is 2.46. The zero-order valence-corrected chi connectivity index (χ0v) is 12.2. The molecule has 2 atom stereocenters. The Morgan fingerprint density at radius 2 is 1.89 bits per heavy atom. The summed E-state index contributed by atoms with van der Waals surface area (Å²) in [6.45, 7) is 5.99. The number of carbonyl (C=O) groups is 1. The van der Waals surface area contributed by atoms with Crippen molar-refractivity contribution < 1.29 is 9.53 Å². The summed E-state index contributed by atoms with van der Waals surface area (Å²) >= 11 is 0. The SMILES string of the molecule is CC(=O)Oc1ccc([C@H]2CC[C@H](C(C)C)N2C)cc1. The van der Waals surface area contributed by atoms with Crippen LogP contribution in [0.1, 0.15) is 45.2 Å². The molecule has 1 aliphatic rings. The van der Waals surface area contributed by atoms with Crippen LogP contribution in [0.2, 0.25) is 0 Å². The minimum Gasteiger partial charge on any atom is -0.427 e. The topological polar surface area (TPSA) is 29.5 Å². The normalized spacial score (nSPS) is 23.8. The van der Waals surface area contributed by atoms with Crippen LogP contribution in [0.15, 0.2) is 24.3 Å². The third kappa shape index (κ3) is 3.16. The van der Waals surface area contributed by atoms with Crippen LogP contribution in [0.5, 0.6) is 5.75 Å². The van der Waals surface area contributed by atoms with E-state index in [0.29, 0.717) is 23.8 Å². The number of likely N-dealkylation sites (tertiary alicyclic amines) is 1. The quantitative estimate of drug-likeness (QED) is 0.617. The van der Waals surface area contributed by atoms with Crippen molar-refractivity contribution in [2.24, 2.45) is 5.92 Å². The summed E-state index contributed by atoms with van der Waals surface area (Å²) in [7, 11) is 2.21. The highest BCUT2D eigenvalue weighted by atomic mass is 16.5. The van der Waals surface area contributed by atoms with Gasteiger partial charge in [0.05, 0.1) is 0 Å². The van der Waals surface area contributed by atoms with E-state index in [0.717, 1.165) is 0 Å². The molecule has 104 valence electrons. The van der Waals surface area contributed by atoms with Gasteiger partial charge in [0.2, 0.25) is 0 Å². The highest BCUT2D eigenvalue weighted by Gasteiger charge is 2.32. The largest absolute Gasteiger partial charge is 0.427 e. The number of esters is 1. The van der Waals surface area contributed by atoms with Gasteiger partial charge < -0.3 is 4.74 Å². The first-order valence-electron chi connectivity index (χ1n) is 6.99. The van der Waals surface area contributed by atoms with Crippen LogP contribution in [0.3, 0.4) is 0 Å². The second-order valence-electron chi connectivity index (χ2n) is 5.73. The van der Waals surface area contributed by atoms with Gasteiger partial charge >= 0.3 is 5.97 Å². The second-order valence-corrected chi connectivity index (χ2v) is 5.73. The van der Waals surface area contributed by atoms with Crippen LogP contribution in [-0.4, -0.2) is 24.0 Å². The fourth-order valence-electron chi connectivity index (χ4n) is 3.10. The minimum absolute atomic E-state index is 0.273. The number of hydrogen-bond donors (Lipinski definition) is 0. The molecule has 0 aromatic heterocycles. The zero-order valence-electron chi connectivity index (χ0n) is 12.2. The molecule has 0 amide bonds. The lowest BCUT2D eigenvalue weighted by atomic mass is 10.0. The van der Waals surface area contributed by atoms with Gasteiger partial charge in [0.15, 0.2) is 0 Å². The van der Waals surface area contributed by atoms with Crippen molar-refractivity contribution in [1.82, 2.24) is 4.90 Å². The molecule has 1 heterocycles. The maximum atomic E-state index is 10.9. The fourth-order valence-corrected chi connectivity index (χ4v) is 3.10. The van der Waals surface area contributed by atoms with Gasteiger partial charge in [0.25, 0.3) is 0 Å². The smallest absolute Gasteiger partial charge is 0.308 e. The Bertz CT molecular complexity index is 439. The molecule has 0 aliphatic carbocycles. The van der Waals surface area contributed by atoms with Crippen LogP contribution in [0.4, 0.5) is 0 Å². The monoisotopic (exact) mass is 261 g/mol. The first-order valence-corrected chi connectivity index (χ1v) is 6.99. The Hall–Kier alpha value is -1.35. The molecule has 1 saturated heterocycles. The van der Waals surface area contributed by atoms with E-state index in [4.69, 9.17) is 4.74 Å². The molecule has 0 saturated carbocycles. The van der Waals surface area contributed by atoms with Gasteiger partial charge in [0, 0.05) is 19.0 Å². The lowest BCUT2D eigenvalue weighted by Crippen LogP contribution is -2.31. The molecular formula is C16H23NO2. The van der Waals surface area contributed by atoms with Crippen molar-refractivity contribution in [3.8, 4) is 5.75 Å². The third-order valence-corrected chi connectivity index (χ3v) is 4.05. The lowest BCUT2D eigenvalue weighted by molar-refractivity contribution is -0.131. The van der Waals surface area contributed by atoms with Gasteiger partial charge in [-0.1, -0.05) is 26.0 Å². The Labute approximate surface area is 115 Å². The van der Waals surface area contributed by atoms with Crippen molar-refractivity contribution in [2.45, 2.75) is 45.7 Å². The summed E-state index contributed by atoms with van der Waals surface area (Å²) in [5.74, 6) is 1.04. The molecule has 0 unspecified atom stereocenters. The molecule has 1 aromatic carbocycles. The highest BCUT2D eigenvalue weighted by Crippen LogP contribution is 2.37. The van der Waals surface area contributed by atoms with Crippen molar-refractivity contribution in [3.63, 3.8) is 0 Å². The van der Waals surface area contributed by atoms with Crippen molar-refractivity contribution in [2.75, 3.05) is 7.05 Å². The van der Waals surface area contributed by atoms with E-state index in [-0.39, 0.29) is 5.97 Å². The summed E-state index contributed by atoms with van der Waals surface area (Å²) in [6, 6.07) is 9.06. The molecule has 0 N–H and O–H groups in total. The summed E-state index contributed by atoms with van der Waals surface area (Å²) < 4.78 is 5.07. The average Bonchev–Trinajstić information content (AvgIpc) is 2.71. The van der Waals surface area contributed by atoms with Gasteiger partial charge in [-0.3, -0.25) is 9.69 Å². The van der Waals surface area contributed by atoms with Crippen molar-refractivity contribution in [3.05, 3.63) is 29.8 Å². The number of nitrogens with zero attached hydrogens (tertiary/aromatic N) is 1. The first-order chi connectivity index (χ1) is 8.99. The molecule has 0 radical (unpaired) electrons. The Balaban J connectivity index is 2.09. The van der Waals surface area contributed by atoms with Gasteiger partial charge in [0.1, 0.15) is 5.75 Å². The van der Waals surface area contributed by atoms with Crippen molar-refractivity contribution >= 4 is 5.97 Å². The van der Waals surface area contributed by atoms with Crippen LogP contribution >= 0.6 is 0 Å². The molecule has 2 rings (SSSR count). The predicted octanol–water partition coefficient (Wildman–Crippen LogP) is 3.40. The van der Waals surface area contributed by atoms with E-state index in [1.165, 1.54) is 25.3 Å². The van der Waals surface area contributed by atoms with Gasteiger partial charge in [-0.25, -0.2) is 0 Å². The molecule has 3 nitrogen and oxygen atoms in total. The number of hydrogen-bond acceptors (Lipinski definition) is 3. The Morgan fingerprint density at radius 3 is 2.37 bits per heavy atom. The minimum atomic E-state index is -0.273. The molecule has 0 bridgehead atoms. The van der Waals surface area contributed by atoms with E-state index < -0.39 is 0 Å². The van der Waals surface area contributed by atoms with Gasteiger partial charge in [-0.2, -0.15) is 0 Å². The van der Waals surface area contributed by atoms with Crippen molar-refractivity contribution in [1.29, 1.82) is 0 Å². The number of benzene rings is 1. The summed E-state index contributed by atoms with van der Waals surface area (Å²) in [4.78, 5) is 13.4. The van der Waals surface area contributed by atoms with E-state index >= 15 is 0 Å². The lowest BCUT2D eigenvalue weighted by Gasteiger charge is -2.28. The molecule has 19 heavy (non-hydrogen) atoms. The predicted molar refractivity (Wildman–Crippen MR) is 76.1 cm³/mol. The standard InChI is InChI=1S/C16H23NO2/c1-11(2)15-9-10-16(17(15)4)13-5-7-14(8-6-13)19-12(3)18/h5-8,11,15-16H,9-10H2,1-4H3/t15-,16-/m1/s1. The Kier molecular flexibility index (Phi) is 4.25. The Morgan fingerprint density at radius 1 is 1.26 bits per heavy atom. The molecule has 1 aromatic rings. The molecule has 3 heteroatoms. The van der Waals surface area contributed by atoms with Crippen LogP contribution < -0.4 is 4.74 Å². The van der Waals surface area contributed by atoms with Crippen LogP contribution in [0, 0.1) is 5.92 Å². The second kappa shape index (κ2) is 5.74. The summed E-state index contributed by atoms with van der Waals surface area (Å²) in [5, 5.41) is 0. The van der Waals surface area contributed by atoms with E-state index in [1.807, 2.05) is 12.1 Å². The van der Waals surface area contributed by atoms with E-state index in [9.17, 15) is 4.79 Å². The highest BCUT2D eigenvalue weighted by molar-refractivity contribution is 5.69.